The molecule has 0 saturated heterocycles. The Labute approximate surface area is 95.1 Å². The van der Waals surface area contributed by atoms with Crippen molar-refractivity contribution in [1.29, 1.82) is 0 Å². The van der Waals surface area contributed by atoms with Gasteiger partial charge in [0.25, 0.3) is 0 Å². The summed E-state index contributed by atoms with van der Waals surface area (Å²) < 4.78 is 40.2. The lowest BCUT2D eigenvalue weighted by atomic mass is 10.3. The van der Waals surface area contributed by atoms with E-state index in [4.69, 9.17) is 0 Å². The second kappa shape index (κ2) is 4.54. The molecular formula is C10H9F3N4. The van der Waals surface area contributed by atoms with Gasteiger partial charge in [-0.05, 0) is 7.05 Å². The Hall–Kier alpha value is -1.89. The largest absolute Gasteiger partial charge is 0.314 e. The van der Waals surface area contributed by atoms with E-state index in [1.807, 2.05) is 0 Å². The Kier molecular flexibility index (Phi) is 3.10. The fourth-order valence-corrected chi connectivity index (χ4v) is 1.37. The van der Waals surface area contributed by atoms with Crippen molar-refractivity contribution in [3.63, 3.8) is 0 Å². The molecule has 0 amide bonds. The predicted octanol–water partition coefficient (Wildman–Crippen LogP) is 1.40. The molecule has 0 aliphatic heterocycles. The summed E-state index contributed by atoms with van der Waals surface area (Å²) in [5.41, 5.74) is 0.385. The van der Waals surface area contributed by atoms with Crippen LogP contribution in [0.2, 0.25) is 0 Å². The molecule has 2 rings (SSSR count). The van der Waals surface area contributed by atoms with Gasteiger partial charge in [0.05, 0.1) is 11.9 Å². The van der Waals surface area contributed by atoms with Crippen molar-refractivity contribution in [2.45, 2.75) is 6.54 Å². The molecule has 1 aromatic carbocycles. The van der Waals surface area contributed by atoms with Crippen LogP contribution in [0.25, 0.3) is 5.69 Å². The molecule has 0 spiro atoms. The maximum atomic E-state index is 13.4. The summed E-state index contributed by atoms with van der Waals surface area (Å²) in [6, 6.07) is 1.21. The number of nitrogens with one attached hydrogen (secondary N) is 1. The van der Waals surface area contributed by atoms with Gasteiger partial charge in [0.15, 0.2) is 17.5 Å². The molecule has 0 unspecified atom stereocenters. The normalized spacial score (nSPS) is 10.8. The monoisotopic (exact) mass is 242 g/mol. The van der Waals surface area contributed by atoms with Crippen LogP contribution in [-0.2, 0) is 6.54 Å². The van der Waals surface area contributed by atoms with Crippen molar-refractivity contribution < 1.29 is 13.2 Å². The molecule has 7 heteroatoms. The van der Waals surface area contributed by atoms with Crippen molar-refractivity contribution in [2.75, 3.05) is 7.05 Å². The molecule has 0 radical (unpaired) electrons. The van der Waals surface area contributed by atoms with Crippen LogP contribution in [-0.4, -0.2) is 22.0 Å². The van der Waals surface area contributed by atoms with E-state index in [1.165, 1.54) is 6.20 Å². The van der Waals surface area contributed by atoms with Crippen molar-refractivity contribution in [3.8, 4) is 5.69 Å². The lowest BCUT2D eigenvalue weighted by Crippen LogP contribution is -2.05. The van der Waals surface area contributed by atoms with Gasteiger partial charge in [-0.25, -0.2) is 17.9 Å². The maximum absolute atomic E-state index is 13.4. The fraction of sp³-hybridized carbons (Fsp3) is 0.200. The van der Waals surface area contributed by atoms with Gasteiger partial charge in [0, 0.05) is 18.7 Å². The van der Waals surface area contributed by atoms with E-state index in [1.54, 1.807) is 7.05 Å². The molecule has 90 valence electrons. The highest BCUT2D eigenvalue weighted by atomic mass is 19.2. The zero-order valence-corrected chi connectivity index (χ0v) is 8.91. The molecule has 4 nitrogen and oxygen atoms in total. The van der Waals surface area contributed by atoms with Crippen LogP contribution in [0.5, 0.6) is 0 Å². The Morgan fingerprint density at radius 1 is 1.18 bits per heavy atom. The van der Waals surface area contributed by atoms with Gasteiger partial charge < -0.3 is 5.32 Å². The Morgan fingerprint density at radius 3 is 2.59 bits per heavy atom. The number of benzene rings is 1. The van der Waals surface area contributed by atoms with E-state index in [2.05, 4.69) is 15.6 Å². The number of halogens is 3. The molecule has 1 heterocycles. The fourth-order valence-electron chi connectivity index (χ4n) is 1.37. The molecule has 0 saturated carbocycles. The molecule has 17 heavy (non-hydrogen) atoms. The van der Waals surface area contributed by atoms with Gasteiger partial charge in [-0.3, -0.25) is 0 Å². The Morgan fingerprint density at radius 2 is 1.88 bits per heavy atom. The minimum Gasteiger partial charge on any atom is -0.314 e. The van der Waals surface area contributed by atoms with Crippen LogP contribution < -0.4 is 5.32 Å². The van der Waals surface area contributed by atoms with Crippen molar-refractivity contribution in [2.24, 2.45) is 0 Å². The number of hydrogen-bond acceptors (Lipinski definition) is 3. The van der Waals surface area contributed by atoms with Gasteiger partial charge in [-0.2, -0.15) is 0 Å². The van der Waals surface area contributed by atoms with Gasteiger partial charge in [-0.15, -0.1) is 5.10 Å². The molecule has 0 atom stereocenters. The van der Waals surface area contributed by atoms with Crippen molar-refractivity contribution in [1.82, 2.24) is 20.3 Å². The standard InChI is InChI=1S/C10H9F3N4/c1-14-4-6-5-17(16-15-6)10-3-8(12)7(11)2-9(10)13/h2-3,5,14H,4H2,1H3. The SMILES string of the molecule is CNCc1cn(-c2cc(F)c(F)cc2F)nn1. The summed E-state index contributed by atoms with van der Waals surface area (Å²) in [7, 11) is 1.72. The summed E-state index contributed by atoms with van der Waals surface area (Å²) in [5, 5.41) is 10.2. The van der Waals surface area contributed by atoms with Gasteiger partial charge in [-0.1, -0.05) is 5.21 Å². The van der Waals surface area contributed by atoms with Crippen molar-refractivity contribution in [3.05, 3.63) is 41.5 Å². The molecule has 0 aliphatic carbocycles. The Balaban J connectivity index is 2.41. The van der Waals surface area contributed by atoms with Crippen LogP contribution in [0.15, 0.2) is 18.3 Å². The van der Waals surface area contributed by atoms with Gasteiger partial charge in [0.2, 0.25) is 0 Å². The Bertz CT molecular complexity index is 538. The summed E-state index contributed by atoms with van der Waals surface area (Å²) >= 11 is 0. The van der Waals surface area contributed by atoms with Crippen LogP contribution in [0, 0.1) is 17.5 Å². The van der Waals surface area contributed by atoms with E-state index in [0.717, 1.165) is 10.7 Å². The lowest BCUT2D eigenvalue weighted by molar-refractivity contribution is 0.491. The molecule has 1 N–H and O–H groups in total. The maximum Gasteiger partial charge on any atom is 0.161 e. The highest BCUT2D eigenvalue weighted by Gasteiger charge is 2.12. The molecule has 1 aromatic heterocycles. The zero-order valence-electron chi connectivity index (χ0n) is 8.91. The molecular weight excluding hydrogens is 233 g/mol. The van der Waals surface area contributed by atoms with E-state index < -0.39 is 17.5 Å². The summed E-state index contributed by atoms with van der Waals surface area (Å²) in [4.78, 5) is 0. The third-order valence-electron chi connectivity index (χ3n) is 2.14. The van der Waals surface area contributed by atoms with Gasteiger partial charge in [0.1, 0.15) is 5.69 Å². The third kappa shape index (κ3) is 2.28. The topological polar surface area (TPSA) is 42.7 Å². The highest BCUT2D eigenvalue weighted by molar-refractivity contribution is 5.33. The smallest absolute Gasteiger partial charge is 0.161 e. The molecule has 0 aliphatic rings. The lowest BCUT2D eigenvalue weighted by Gasteiger charge is -2.02. The van der Waals surface area contributed by atoms with E-state index in [-0.39, 0.29) is 5.69 Å². The number of aromatic nitrogens is 3. The van der Waals surface area contributed by atoms with E-state index in [9.17, 15) is 13.2 Å². The van der Waals surface area contributed by atoms with Crippen LogP contribution in [0.3, 0.4) is 0 Å². The van der Waals surface area contributed by atoms with Crippen LogP contribution in [0.1, 0.15) is 5.69 Å². The molecule has 2 aromatic rings. The van der Waals surface area contributed by atoms with E-state index >= 15 is 0 Å². The molecule has 0 bridgehead atoms. The second-order valence-electron chi connectivity index (χ2n) is 3.40. The van der Waals surface area contributed by atoms with Crippen LogP contribution in [0.4, 0.5) is 13.2 Å². The summed E-state index contributed by atoms with van der Waals surface area (Å²) in [6.45, 7) is 0.450. The number of hydrogen-bond donors (Lipinski definition) is 1. The highest BCUT2D eigenvalue weighted by Crippen LogP contribution is 2.17. The summed E-state index contributed by atoms with van der Waals surface area (Å²) in [6.07, 6.45) is 1.44. The van der Waals surface area contributed by atoms with E-state index in [0.29, 0.717) is 18.3 Å². The third-order valence-corrected chi connectivity index (χ3v) is 2.14. The van der Waals surface area contributed by atoms with Gasteiger partial charge >= 0.3 is 0 Å². The predicted molar refractivity (Wildman–Crippen MR) is 54.0 cm³/mol. The number of rotatable bonds is 3. The molecule has 0 fully saturated rings. The first-order valence-corrected chi connectivity index (χ1v) is 4.82. The zero-order chi connectivity index (χ0) is 12.4. The quantitative estimate of drug-likeness (QED) is 0.827. The first kappa shape index (κ1) is 11.6. The van der Waals surface area contributed by atoms with Crippen LogP contribution >= 0.6 is 0 Å². The average Bonchev–Trinajstić information content (AvgIpc) is 2.72. The average molecular weight is 242 g/mol. The minimum atomic E-state index is -1.23. The summed E-state index contributed by atoms with van der Waals surface area (Å²) in [5.74, 6) is -3.27. The van der Waals surface area contributed by atoms with Crippen molar-refractivity contribution >= 4 is 0 Å². The second-order valence-corrected chi connectivity index (χ2v) is 3.40. The first-order valence-electron chi connectivity index (χ1n) is 4.82. The first-order chi connectivity index (χ1) is 8.11. The minimum absolute atomic E-state index is 0.182. The number of nitrogens with zero attached hydrogens (tertiary/aromatic N) is 3.